The van der Waals surface area contributed by atoms with Gasteiger partial charge in [-0.15, -0.1) is 0 Å². The van der Waals surface area contributed by atoms with E-state index in [1.165, 1.54) is 0 Å². The quantitative estimate of drug-likeness (QED) is 0.657. The highest BCUT2D eigenvalue weighted by Gasteiger charge is 2.08. The molecule has 2 rings (SSSR count). The van der Waals surface area contributed by atoms with Crippen LogP contribution in [0, 0.1) is 13.8 Å². The van der Waals surface area contributed by atoms with Gasteiger partial charge in [-0.2, -0.15) is 0 Å². The fourth-order valence-electron chi connectivity index (χ4n) is 2.52. The van der Waals surface area contributed by atoms with Crippen molar-refractivity contribution in [3.63, 3.8) is 0 Å². The van der Waals surface area contributed by atoms with E-state index in [0.29, 0.717) is 12.8 Å². The van der Waals surface area contributed by atoms with Crippen LogP contribution in [0.3, 0.4) is 0 Å². The molecule has 0 saturated heterocycles. The van der Waals surface area contributed by atoms with Gasteiger partial charge in [0.2, 0.25) is 0 Å². The van der Waals surface area contributed by atoms with E-state index in [4.69, 9.17) is 23.2 Å². The smallest absolute Gasteiger partial charge is 0.133 e. The van der Waals surface area contributed by atoms with E-state index < -0.39 is 0 Å². The van der Waals surface area contributed by atoms with Crippen LogP contribution in [0.4, 0.5) is 0 Å². The Morgan fingerprint density at radius 3 is 1.64 bits per heavy atom. The van der Waals surface area contributed by atoms with Crippen molar-refractivity contribution in [3.8, 4) is 0 Å². The van der Waals surface area contributed by atoms with Crippen LogP contribution >= 0.6 is 23.2 Å². The zero-order valence-corrected chi connectivity index (χ0v) is 14.5. The van der Waals surface area contributed by atoms with Crippen molar-refractivity contribution in [1.29, 1.82) is 0 Å². The number of Topliss-reactive ketones (excluding diaryl/α,β-unsaturated/α-hetero) is 1. The van der Waals surface area contributed by atoms with Crippen LogP contribution in [0.2, 0.25) is 10.0 Å². The number of rotatable bonds is 6. The van der Waals surface area contributed by atoms with Gasteiger partial charge in [0.05, 0.1) is 0 Å². The topological polar surface area (TPSA) is 17.1 Å². The molecule has 2 aromatic carbocycles. The Kier molecular flexibility index (Phi) is 6.05. The highest BCUT2D eigenvalue weighted by Crippen LogP contribution is 2.22. The van der Waals surface area contributed by atoms with Gasteiger partial charge in [-0.25, -0.2) is 0 Å². The first-order chi connectivity index (χ1) is 10.5. The zero-order valence-electron chi connectivity index (χ0n) is 13.0. The Labute approximate surface area is 142 Å². The molecule has 0 saturated carbocycles. The highest BCUT2D eigenvalue weighted by atomic mass is 35.5. The molecule has 22 heavy (non-hydrogen) atoms. The maximum Gasteiger partial charge on any atom is 0.133 e. The first kappa shape index (κ1) is 17.1. The molecule has 0 aliphatic heterocycles. The second-order valence-electron chi connectivity index (χ2n) is 5.59. The molecule has 0 atom stereocenters. The third kappa shape index (κ3) is 4.34. The Balaban J connectivity index is 1.88. The van der Waals surface area contributed by atoms with Crippen molar-refractivity contribution in [3.05, 3.63) is 68.7 Å². The minimum Gasteiger partial charge on any atom is -0.300 e. The fourth-order valence-corrected chi connectivity index (χ4v) is 2.91. The van der Waals surface area contributed by atoms with E-state index in [-0.39, 0.29) is 5.78 Å². The van der Waals surface area contributed by atoms with Crippen molar-refractivity contribution in [2.45, 2.75) is 39.5 Å². The molecular weight excluding hydrogens is 315 g/mol. The van der Waals surface area contributed by atoms with Crippen molar-refractivity contribution in [2.24, 2.45) is 0 Å². The summed E-state index contributed by atoms with van der Waals surface area (Å²) < 4.78 is 0. The van der Waals surface area contributed by atoms with Gasteiger partial charge in [0.15, 0.2) is 0 Å². The van der Waals surface area contributed by atoms with E-state index in [9.17, 15) is 4.79 Å². The molecule has 0 unspecified atom stereocenters. The molecule has 0 aromatic heterocycles. The standard InChI is InChI=1S/C19H20Cl2O/c1-13-15(5-3-7-18(13)20)9-11-17(22)12-10-16-6-4-8-19(21)14(16)2/h3-8H,9-12H2,1-2H3. The molecule has 0 fully saturated rings. The number of benzene rings is 2. The predicted octanol–water partition coefficient (Wildman–Crippen LogP) is 5.74. The van der Waals surface area contributed by atoms with Crippen molar-refractivity contribution in [1.82, 2.24) is 0 Å². The van der Waals surface area contributed by atoms with Gasteiger partial charge in [-0.1, -0.05) is 47.5 Å². The summed E-state index contributed by atoms with van der Waals surface area (Å²) in [5.41, 5.74) is 4.45. The minimum atomic E-state index is 0.277. The van der Waals surface area contributed by atoms with Crippen LogP contribution in [0.5, 0.6) is 0 Å². The van der Waals surface area contributed by atoms with Crippen LogP contribution in [0.25, 0.3) is 0 Å². The summed E-state index contributed by atoms with van der Waals surface area (Å²) in [7, 11) is 0. The lowest BCUT2D eigenvalue weighted by molar-refractivity contribution is -0.119. The zero-order chi connectivity index (χ0) is 16.1. The summed E-state index contributed by atoms with van der Waals surface area (Å²) in [6.45, 7) is 3.99. The van der Waals surface area contributed by atoms with Gasteiger partial charge in [-0.3, -0.25) is 4.79 Å². The summed E-state index contributed by atoms with van der Waals surface area (Å²) in [6, 6.07) is 11.7. The Morgan fingerprint density at radius 2 is 1.23 bits per heavy atom. The van der Waals surface area contributed by atoms with Crippen molar-refractivity contribution >= 4 is 29.0 Å². The lowest BCUT2D eigenvalue weighted by Crippen LogP contribution is -2.04. The first-order valence-electron chi connectivity index (χ1n) is 7.48. The summed E-state index contributed by atoms with van der Waals surface area (Å²) in [4.78, 5) is 12.1. The molecule has 116 valence electrons. The predicted molar refractivity (Wildman–Crippen MR) is 94.0 cm³/mol. The number of halogens is 2. The lowest BCUT2D eigenvalue weighted by Gasteiger charge is -2.08. The number of hydrogen-bond acceptors (Lipinski definition) is 1. The first-order valence-corrected chi connectivity index (χ1v) is 8.24. The molecule has 1 nitrogen and oxygen atoms in total. The van der Waals surface area contributed by atoms with Gasteiger partial charge < -0.3 is 0 Å². The van der Waals surface area contributed by atoms with E-state index in [0.717, 1.165) is 45.1 Å². The van der Waals surface area contributed by atoms with Gasteiger partial charge in [0.25, 0.3) is 0 Å². The minimum absolute atomic E-state index is 0.277. The average molecular weight is 335 g/mol. The molecule has 0 aliphatic rings. The largest absolute Gasteiger partial charge is 0.300 e. The summed E-state index contributed by atoms with van der Waals surface area (Å²) in [5, 5.41) is 1.53. The third-order valence-corrected chi connectivity index (χ3v) is 4.93. The Bertz CT molecular complexity index is 620. The molecule has 0 amide bonds. The Morgan fingerprint density at radius 1 is 0.818 bits per heavy atom. The van der Waals surface area contributed by atoms with Gasteiger partial charge in [0, 0.05) is 22.9 Å². The van der Waals surface area contributed by atoms with Crippen molar-refractivity contribution < 1.29 is 4.79 Å². The monoisotopic (exact) mass is 334 g/mol. The molecule has 0 heterocycles. The highest BCUT2D eigenvalue weighted by molar-refractivity contribution is 6.31. The molecule has 0 bridgehead atoms. The van der Waals surface area contributed by atoms with E-state index in [1.807, 2.05) is 50.2 Å². The normalized spacial score (nSPS) is 10.7. The molecule has 3 heteroatoms. The molecule has 0 N–H and O–H groups in total. The number of aryl methyl sites for hydroxylation is 2. The van der Waals surface area contributed by atoms with Crippen LogP contribution in [0.15, 0.2) is 36.4 Å². The number of carbonyl (C=O) groups is 1. The van der Waals surface area contributed by atoms with Gasteiger partial charge in [0.1, 0.15) is 5.78 Å². The maximum absolute atomic E-state index is 12.1. The number of ketones is 1. The molecule has 0 radical (unpaired) electrons. The molecular formula is C19H20Cl2O. The van der Waals surface area contributed by atoms with E-state index in [2.05, 4.69) is 0 Å². The SMILES string of the molecule is Cc1c(Cl)cccc1CCC(=O)CCc1cccc(Cl)c1C. The summed E-state index contributed by atoms with van der Waals surface area (Å²) in [5.74, 6) is 0.277. The second kappa shape index (κ2) is 7.80. The van der Waals surface area contributed by atoms with E-state index >= 15 is 0 Å². The van der Waals surface area contributed by atoms with E-state index in [1.54, 1.807) is 0 Å². The Hall–Kier alpha value is -1.31. The summed E-state index contributed by atoms with van der Waals surface area (Å²) in [6.07, 6.45) is 2.61. The molecule has 2 aromatic rings. The fraction of sp³-hybridized carbons (Fsp3) is 0.316. The number of carbonyl (C=O) groups excluding carboxylic acids is 1. The van der Waals surface area contributed by atoms with Gasteiger partial charge >= 0.3 is 0 Å². The van der Waals surface area contributed by atoms with Crippen LogP contribution in [0.1, 0.15) is 35.1 Å². The third-order valence-electron chi connectivity index (χ3n) is 4.11. The average Bonchev–Trinajstić information content (AvgIpc) is 2.50. The number of hydrogen-bond donors (Lipinski definition) is 0. The van der Waals surface area contributed by atoms with Crippen molar-refractivity contribution in [2.75, 3.05) is 0 Å². The maximum atomic E-state index is 12.1. The second-order valence-corrected chi connectivity index (χ2v) is 6.40. The van der Waals surface area contributed by atoms with Crippen LogP contribution < -0.4 is 0 Å². The van der Waals surface area contributed by atoms with Crippen LogP contribution in [-0.2, 0) is 17.6 Å². The van der Waals surface area contributed by atoms with Gasteiger partial charge in [-0.05, 0) is 61.1 Å². The van der Waals surface area contributed by atoms with Crippen LogP contribution in [-0.4, -0.2) is 5.78 Å². The molecule has 0 aliphatic carbocycles. The summed E-state index contributed by atoms with van der Waals surface area (Å²) >= 11 is 12.2. The molecule has 0 spiro atoms. The lowest BCUT2D eigenvalue weighted by atomic mass is 9.98.